The predicted molar refractivity (Wildman–Crippen MR) is 254 cm³/mol. The summed E-state index contributed by atoms with van der Waals surface area (Å²) >= 11 is 0. The number of hydrogen-bond acceptors (Lipinski definition) is 4. The summed E-state index contributed by atoms with van der Waals surface area (Å²) in [5, 5.41) is 4.46. The number of furan rings is 1. The van der Waals surface area contributed by atoms with Crippen molar-refractivity contribution >= 4 is 43.7 Å². The lowest BCUT2D eigenvalue weighted by molar-refractivity contribution is 0.667. The molecule has 0 unspecified atom stereocenters. The second kappa shape index (κ2) is 14.7. The normalized spacial score (nSPS) is 11.5. The molecular weight excluding hydrogens is 757 g/mol. The molecule has 5 heteroatoms. The van der Waals surface area contributed by atoms with Gasteiger partial charge in [-0.25, -0.2) is 15.0 Å². The van der Waals surface area contributed by atoms with Crippen LogP contribution in [0.15, 0.2) is 223 Å². The van der Waals surface area contributed by atoms with Crippen LogP contribution in [0.1, 0.15) is 0 Å². The number of rotatable bonds is 7. The van der Waals surface area contributed by atoms with Crippen molar-refractivity contribution in [3.8, 4) is 73.2 Å². The first-order valence-corrected chi connectivity index (χ1v) is 20.9. The minimum absolute atomic E-state index is 0.561. The topological polar surface area (TPSA) is 56.7 Å². The van der Waals surface area contributed by atoms with E-state index in [-0.39, 0.29) is 0 Å². The van der Waals surface area contributed by atoms with Gasteiger partial charge in [0.05, 0.1) is 16.7 Å². The van der Waals surface area contributed by atoms with Crippen LogP contribution in [0.3, 0.4) is 0 Å². The molecule has 12 aromatic rings. The van der Waals surface area contributed by atoms with Crippen molar-refractivity contribution in [2.24, 2.45) is 0 Å². The monoisotopic (exact) mass is 792 g/mol. The first-order chi connectivity index (χ1) is 30.7. The van der Waals surface area contributed by atoms with E-state index in [1.54, 1.807) is 0 Å². The zero-order chi connectivity index (χ0) is 41.0. The van der Waals surface area contributed by atoms with Crippen LogP contribution in [0.2, 0.25) is 0 Å². The van der Waals surface area contributed by atoms with Gasteiger partial charge in [-0.2, -0.15) is 0 Å². The van der Waals surface area contributed by atoms with Gasteiger partial charge < -0.3 is 8.98 Å². The number of aromatic nitrogens is 4. The van der Waals surface area contributed by atoms with Gasteiger partial charge >= 0.3 is 0 Å². The molecule has 9 aromatic carbocycles. The second-order valence-corrected chi connectivity index (χ2v) is 15.6. The summed E-state index contributed by atoms with van der Waals surface area (Å²) < 4.78 is 9.54. The van der Waals surface area contributed by atoms with Crippen LogP contribution in [0, 0.1) is 0 Å². The molecule has 0 fully saturated rings. The average molecular weight is 793 g/mol. The van der Waals surface area contributed by atoms with Gasteiger partial charge in [0.1, 0.15) is 5.58 Å². The van der Waals surface area contributed by atoms with Gasteiger partial charge in [-0.15, -0.1) is 0 Å². The van der Waals surface area contributed by atoms with E-state index in [4.69, 9.17) is 19.4 Å². The van der Waals surface area contributed by atoms with Crippen LogP contribution in [-0.4, -0.2) is 19.5 Å². The Morgan fingerprint density at radius 2 is 0.774 bits per heavy atom. The van der Waals surface area contributed by atoms with Crippen LogP contribution >= 0.6 is 0 Å². The van der Waals surface area contributed by atoms with Crippen molar-refractivity contribution in [2.75, 3.05) is 0 Å². The highest BCUT2D eigenvalue weighted by Gasteiger charge is 2.23. The summed E-state index contributed by atoms with van der Waals surface area (Å²) in [5.41, 5.74) is 13.9. The summed E-state index contributed by atoms with van der Waals surface area (Å²) in [4.78, 5) is 15.8. The van der Waals surface area contributed by atoms with Gasteiger partial charge in [0.25, 0.3) is 0 Å². The highest BCUT2D eigenvalue weighted by Crippen LogP contribution is 2.44. The Hall–Kier alpha value is -8.41. The lowest BCUT2D eigenvalue weighted by Crippen LogP contribution is -2.01. The van der Waals surface area contributed by atoms with E-state index < -0.39 is 0 Å². The molecule has 3 aromatic heterocycles. The third kappa shape index (κ3) is 5.98. The molecule has 290 valence electrons. The minimum Gasteiger partial charge on any atom is -0.453 e. The van der Waals surface area contributed by atoms with Crippen LogP contribution in [0.4, 0.5) is 0 Å². The van der Waals surface area contributed by atoms with E-state index in [2.05, 4.69) is 205 Å². The summed E-state index contributed by atoms with van der Waals surface area (Å²) in [6, 6.07) is 76.1. The third-order valence-corrected chi connectivity index (χ3v) is 11.9. The molecule has 0 amide bonds. The van der Waals surface area contributed by atoms with Gasteiger partial charge in [-0.1, -0.05) is 182 Å². The van der Waals surface area contributed by atoms with Crippen molar-refractivity contribution in [3.63, 3.8) is 0 Å². The molecular formula is C57H36N4O. The molecule has 0 aliphatic carbocycles. The average Bonchev–Trinajstić information content (AvgIpc) is 3.91. The summed E-state index contributed by atoms with van der Waals surface area (Å²) in [6.07, 6.45) is 0. The van der Waals surface area contributed by atoms with Gasteiger partial charge in [-0.05, 0) is 64.2 Å². The quantitative estimate of drug-likeness (QED) is 0.161. The SMILES string of the molecule is c1ccc(-c2ccc(-c3nc(-c4cccc(-c5ccccc5)c4)nc(-c4ccc5c(oc6c(-n7c8ccccc8c8ccccc87)cccc65)c4-c4ccccc4)n3)cc2)cc1. The minimum atomic E-state index is 0.561. The maximum atomic E-state index is 7.21. The van der Waals surface area contributed by atoms with E-state index in [0.717, 1.165) is 88.7 Å². The molecule has 0 radical (unpaired) electrons. The Labute approximate surface area is 357 Å². The zero-order valence-electron chi connectivity index (χ0n) is 33.5. The number of hydrogen-bond donors (Lipinski definition) is 0. The molecule has 0 saturated carbocycles. The molecule has 12 rings (SSSR count). The Bertz CT molecular complexity index is 3560. The molecule has 0 bridgehead atoms. The first kappa shape index (κ1) is 35.5. The smallest absolute Gasteiger partial charge is 0.164 e. The van der Waals surface area contributed by atoms with Crippen LogP contribution < -0.4 is 0 Å². The molecule has 0 aliphatic heterocycles. The Morgan fingerprint density at radius 3 is 1.45 bits per heavy atom. The van der Waals surface area contributed by atoms with E-state index in [0.29, 0.717) is 17.5 Å². The van der Waals surface area contributed by atoms with Crippen molar-refractivity contribution in [1.82, 2.24) is 19.5 Å². The molecule has 3 heterocycles. The Morgan fingerprint density at radius 1 is 0.306 bits per heavy atom. The van der Waals surface area contributed by atoms with E-state index >= 15 is 0 Å². The van der Waals surface area contributed by atoms with Crippen molar-refractivity contribution in [1.29, 1.82) is 0 Å². The maximum absolute atomic E-state index is 7.21. The number of para-hydroxylation sites is 3. The largest absolute Gasteiger partial charge is 0.453 e. The third-order valence-electron chi connectivity index (χ3n) is 11.9. The van der Waals surface area contributed by atoms with E-state index in [1.807, 2.05) is 18.2 Å². The van der Waals surface area contributed by atoms with Crippen molar-refractivity contribution in [2.45, 2.75) is 0 Å². The Balaban J connectivity index is 1.10. The molecule has 0 N–H and O–H groups in total. The number of benzene rings is 9. The fourth-order valence-corrected chi connectivity index (χ4v) is 8.95. The van der Waals surface area contributed by atoms with Gasteiger partial charge in [0, 0.05) is 43.8 Å². The highest BCUT2D eigenvalue weighted by molar-refractivity contribution is 6.16. The van der Waals surface area contributed by atoms with Crippen LogP contribution in [0.25, 0.3) is 117 Å². The molecule has 5 nitrogen and oxygen atoms in total. The van der Waals surface area contributed by atoms with Crippen molar-refractivity contribution in [3.05, 3.63) is 218 Å². The fraction of sp³-hybridized carbons (Fsp3) is 0. The Kier molecular flexibility index (Phi) is 8.42. The van der Waals surface area contributed by atoms with Crippen LogP contribution in [-0.2, 0) is 0 Å². The zero-order valence-corrected chi connectivity index (χ0v) is 33.5. The van der Waals surface area contributed by atoms with Crippen molar-refractivity contribution < 1.29 is 4.42 Å². The predicted octanol–water partition coefficient (Wildman–Crippen LogP) is 14.9. The fourth-order valence-electron chi connectivity index (χ4n) is 8.95. The molecule has 0 saturated heterocycles. The standard InChI is InChI=1S/C57H36N4O/c1-4-16-37(17-5-1)39-30-32-41(33-31-39)55-58-56(43-23-14-22-42(36-43)38-18-6-2-7-19-38)60-57(59-55)48-35-34-47-46-26-15-29-51(53(46)62-54(47)52(48)40-20-8-3-9-21-40)61-49-27-12-10-24-44(49)45-25-11-13-28-50(45)61/h1-36H. The van der Waals surface area contributed by atoms with Gasteiger partial charge in [0.15, 0.2) is 23.1 Å². The van der Waals surface area contributed by atoms with Gasteiger partial charge in [0.2, 0.25) is 0 Å². The molecule has 62 heavy (non-hydrogen) atoms. The maximum Gasteiger partial charge on any atom is 0.164 e. The van der Waals surface area contributed by atoms with E-state index in [1.165, 1.54) is 10.8 Å². The highest BCUT2D eigenvalue weighted by atomic mass is 16.3. The van der Waals surface area contributed by atoms with E-state index in [9.17, 15) is 0 Å². The number of nitrogens with zero attached hydrogens (tertiary/aromatic N) is 4. The lowest BCUT2D eigenvalue weighted by Gasteiger charge is -2.13. The van der Waals surface area contributed by atoms with Crippen LogP contribution in [0.5, 0.6) is 0 Å². The summed E-state index contributed by atoms with van der Waals surface area (Å²) in [5.74, 6) is 1.74. The summed E-state index contributed by atoms with van der Waals surface area (Å²) in [6.45, 7) is 0. The molecule has 0 atom stereocenters. The molecule has 0 spiro atoms. The summed E-state index contributed by atoms with van der Waals surface area (Å²) in [7, 11) is 0. The lowest BCUT2D eigenvalue weighted by atomic mass is 9.96. The first-order valence-electron chi connectivity index (χ1n) is 20.9. The molecule has 0 aliphatic rings. The number of fused-ring (bicyclic) bond motifs is 6. The second-order valence-electron chi connectivity index (χ2n) is 15.6. The van der Waals surface area contributed by atoms with Gasteiger partial charge in [-0.3, -0.25) is 0 Å².